The van der Waals surface area contributed by atoms with E-state index in [1.165, 1.54) is 60.6 Å². The van der Waals surface area contributed by atoms with Gasteiger partial charge in [-0.15, -0.1) is 42.0 Å². The van der Waals surface area contributed by atoms with Gasteiger partial charge >= 0.3 is 0 Å². The summed E-state index contributed by atoms with van der Waals surface area (Å²) in [4.78, 5) is 9.49. The van der Waals surface area contributed by atoms with Crippen molar-refractivity contribution in [1.29, 1.82) is 0 Å². The Morgan fingerprint density at radius 3 is 2.23 bits per heavy atom. The van der Waals surface area contributed by atoms with Crippen LogP contribution in [0.2, 0.25) is 0 Å². The molecule has 0 bridgehead atoms. The molecule has 0 unspecified atom stereocenters. The van der Waals surface area contributed by atoms with Crippen LogP contribution >= 0.6 is 0 Å². The Kier molecular flexibility index (Phi) is 6.53. The zero-order valence-electron chi connectivity index (χ0n) is 29.5. The van der Waals surface area contributed by atoms with Crippen molar-refractivity contribution in [1.82, 2.24) is 14.0 Å². The average molecular weight is 852 g/mol. The van der Waals surface area contributed by atoms with Gasteiger partial charge in [0.25, 0.3) is 0 Å². The maximum absolute atomic E-state index is 4.86. The van der Waals surface area contributed by atoms with Crippen molar-refractivity contribution >= 4 is 71.9 Å². The van der Waals surface area contributed by atoms with Crippen molar-refractivity contribution < 1.29 is 21.1 Å². The van der Waals surface area contributed by atoms with Crippen molar-refractivity contribution in [3.8, 4) is 5.69 Å². The normalized spacial score (nSPS) is 14.5. The number of rotatable bonds is 2. The number of fused-ring (bicyclic) bond motifs is 12. The number of aryl methyl sites for hydroxylation is 3. The molecule has 0 N–H and O–H groups in total. The van der Waals surface area contributed by atoms with Crippen LogP contribution in [-0.2, 0) is 26.5 Å². The topological polar surface area (TPSA) is 28.7 Å². The van der Waals surface area contributed by atoms with Gasteiger partial charge in [0.15, 0.2) is 0 Å². The van der Waals surface area contributed by atoms with E-state index in [4.69, 9.17) is 4.98 Å². The van der Waals surface area contributed by atoms with Crippen LogP contribution in [-0.4, -0.2) is 14.0 Å². The van der Waals surface area contributed by atoms with E-state index in [0.29, 0.717) is 0 Å². The summed E-state index contributed by atoms with van der Waals surface area (Å²) >= 11 is 0. The smallest absolute Gasteiger partial charge is 0.0609 e. The van der Waals surface area contributed by atoms with Gasteiger partial charge in [0.05, 0.1) is 5.65 Å². The van der Waals surface area contributed by atoms with Crippen molar-refractivity contribution in [3.63, 3.8) is 0 Å². The molecular formula is C46H34N5Pt-3. The van der Waals surface area contributed by atoms with Crippen LogP contribution < -0.4 is 9.80 Å². The standard InChI is InChI=1S/C46H34N5.Pt/c1-27-21-28(2)43(29(3)22-27)50-26-49(39-15-8-9-16-40(39)50)30-17-18-32-33-12-10-13-36-44(33)51(41(32)23-30)42-25-35-34(24-37(42)46(36,4)5)31-11-6-7-14-38(31)48-20-19-47-45(35)48;/h6-22,24,26H,1-5H3;/q-3;. The zero-order chi connectivity index (χ0) is 34.3. The first-order valence-corrected chi connectivity index (χ1v) is 17.6. The summed E-state index contributed by atoms with van der Waals surface area (Å²) < 4.78 is 4.62. The number of anilines is 4. The molecule has 11 rings (SSSR count). The summed E-state index contributed by atoms with van der Waals surface area (Å²) in [5.41, 5.74) is 16.0. The molecule has 0 fully saturated rings. The molecule has 3 aromatic heterocycles. The van der Waals surface area contributed by atoms with E-state index in [1.54, 1.807) is 0 Å². The monoisotopic (exact) mass is 851 g/mol. The summed E-state index contributed by atoms with van der Waals surface area (Å²) in [7, 11) is 0. The molecular weight excluding hydrogens is 818 g/mol. The van der Waals surface area contributed by atoms with Crippen LogP contribution in [0.3, 0.4) is 0 Å². The van der Waals surface area contributed by atoms with Crippen LogP contribution in [0.15, 0.2) is 109 Å². The Bertz CT molecular complexity index is 2960. The molecule has 5 nitrogen and oxygen atoms in total. The second-order valence-electron chi connectivity index (χ2n) is 14.8. The molecule has 6 heteroatoms. The summed E-state index contributed by atoms with van der Waals surface area (Å²) in [5, 5.41) is 5.83. The number of hydrogen-bond donors (Lipinski definition) is 0. The molecule has 0 aliphatic carbocycles. The van der Waals surface area contributed by atoms with Crippen molar-refractivity contribution in [2.75, 3.05) is 9.80 Å². The fourth-order valence-electron chi connectivity index (χ4n) is 9.20. The Morgan fingerprint density at radius 2 is 1.42 bits per heavy atom. The average Bonchev–Trinajstić information content (AvgIpc) is 3.85. The second kappa shape index (κ2) is 10.8. The molecule has 6 aromatic carbocycles. The Morgan fingerprint density at radius 1 is 0.692 bits per heavy atom. The maximum Gasteiger partial charge on any atom is 0.0609 e. The van der Waals surface area contributed by atoms with Gasteiger partial charge in [0.1, 0.15) is 0 Å². The van der Waals surface area contributed by atoms with E-state index in [9.17, 15) is 0 Å². The Balaban J connectivity index is 0.00000338. The Labute approximate surface area is 317 Å². The minimum atomic E-state index is -0.249. The van der Waals surface area contributed by atoms with Crippen LogP contribution in [0.25, 0.3) is 54.8 Å². The SMILES string of the molecule is Cc1cc(C)c(N2[CH-]N(c3[c-]c4c(cc3)c3cccc5c3n4-c3[c-]c4c(cc3C5(C)C)c3ccccc3n3ccnc43)c3ccccc32)c(C)c1.[Pt]. The molecule has 2 aliphatic heterocycles. The molecule has 0 saturated carbocycles. The van der Waals surface area contributed by atoms with E-state index in [0.717, 1.165) is 44.8 Å². The molecule has 0 atom stereocenters. The van der Waals surface area contributed by atoms with Gasteiger partial charge in [-0.2, -0.15) is 6.07 Å². The Hall–Kier alpha value is -5.38. The molecule has 52 heavy (non-hydrogen) atoms. The van der Waals surface area contributed by atoms with Gasteiger partial charge in [0, 0.05) is 61.6 Å². The number of para-hydroxylation sites is 4. The van der Waals surface area contributed by atoms with Crippen LogP contribution in [0.5, 0.6) is 0 Å². The first-order valence-electron chi connectivity index (χ1n) is 17.6. The molecule has 0 spiro atoms. The van der Waals surface area contributed by atoms with Crippen LogP contribution in [0.1, 0.15) is 41.7 Å². The quantitative estimate of drug-likeness (QED) is 0.128. The first kappa shape index (κ1) is 31.4. The zero-order valence-corrected chi connectivity index (χ0v) is 31.8. The van der Waals surface area contributed by atoms with Gasteiger partial charge in [-0.05, 0) is 77.5 Å². The maximum atomic E-state index is 4.86. The fourth-order valence-corrected chi connectivity index (χ4v) is 9.20. The molecule has 0 radical (unpaired) electrons. The summed E-state index contributed by atoms with van der Waals surface area (Å²) in [6.45, 7) is 13.5. The summed E-state index contributed by atoms with van der Waals surface area (Å²) in [6.07, 6.45) is 3.95. The number of aromatic nitrogens is 3. The van der Waals surface area contributed by atoms with Crippen molar-refractivity contribution in [2.24, 2.45) is 0 Å². The molecule has 0 saturated heterocycles. The molecule has 9 aromatic rings. The number of benzene rings is 6. The minimum absolute atomic E-state index is 0. The van der Waals surface area contributed by atoms with Gasteiger partial charge < -0.3 is 18.8 Å². The van der Waals surface area contributed by atoms with Gasteiger partial charge in [-0.25, -0.2) is 0 Å². The van der Waals surface area contributed by atoms with Crippen molar-refractivity contribution in [3.05, 3.63) is 156 Å². The summed E-state index contributed by atoms with van der Waals surface area (Å²) in [6, 6.07) is 43.5. The third-order valence-electron chi connectivity index (χ3n) is 11.4. The van der Waals surface area contributed by atoms with E-state index in [-0.39, 0.29) is 26.5 Å². The van der Waals surface area contributed by atoms with Crippen LogP contribution in [0, 0.1) is 39.6 Å². The van der Waals surface area contributed by atoms with Gasteiger partial charge in [-0.3, -0.25) is 4.98 Å². The third kappa shape index (κ3) is 4.00. The number of hydrogen-bond acceptors (Lipinski definition) is 3. The molecule has 256 valence electrons. The van der Waals surface area contributed by atoms with E-state index in [2.05, 4.69) is 175 Å². The largest absolute Gasteiger partial charge is 0.493 e. The summed E-state index contributed by atoms with van der Waals surface area (Å²) in [5.74, 6) is 0. The fraction of sp³-hybridized carbons (Fsp3) is 0.130. The van der Waals surface area contributed by atoms with Gasteiger partial charge in [-0.1, -0.05) is 102 Å². The predicted octanol–water partition coefficient (Wildman–Crippen LogP) is 11.3. The van der Waals surface area contributed by atoms with E-state index in [1.807, 2.05) is 6.20 Å². The molecule has 2 aliphatic rings. The second-order valence-corrected chi connectivity index (χ2v) is 14.8. The van der Waals surface area contributed by atoms with E-state index < -0.39 is 0 Å². The first-order chi connectivity index (χ1) is 24.8. The molecule has 0 amide bonds. The third-order valence-corrected chi connectivity index (χ3v) is 11.4. The van der Waals surface area contributed by atoms with E-state index >= 15 is 0 Å². The van der Waals surface area contributed by atoms with Gasteiger partial charge in [0.2, 0.25) is 0 Å². The minimum Gasteiger partial charge on any atom is -0.493 e. The predicted molar refractivity (Wildman–Crippen MR) is 210 cm³/mol. The molecule has 5 heterocycles. The number of pyridine rings is 1. The van der Waals surface area contributed by atoms with Crippen LogP contribution in [0.4, 0.5) is 22.7 Å². The van der Waals surface area contributed by atoms with Crippen molar-refractivity contribution in [2.45, 2.75) is 40.0 Å². The number of nitrogens with zero attached hydrogens (tertiary/aromatic N) is 5. The number of imidazole rings is 1.